The number of hydrogen-bond acceptors (Lipinski definition) is 5. The van der Waals surface area contributed by atoms with Crippen LogP contribution in [-0.4, -0.2) is 25.1 Å². The zero-order chi connectivity index (χ0) is 15.2. The first-order valence-electron chi connectivity index (χ1n) is 6.36. The monoisotopic (exact) mass is 287 g/mol. The molecule has 2 rings (SSSR count). The fourth-order valence-corrected chi connectivity index (χ4v) is 1.79. The average molecular weight is 287 g/mol. The van der Waals surface area contributed by atoms with Gasteiger partial charge in [0, 0.05) is 24.5 Å². The molecule has 0 spiro atoms. The van der Waals surface area contributed by atoms with Crippen LogP contribution in [0.5, 0.6) is 11.5 Å². The highest BCUT2D eigenvalue weighted by Gasteiger charge is 2.10. The maximum absolute atomic E-state index is 12.1. The summed E-state index contributed by atoms with van der Waals surface area (Å²) >= 11 is 0. The standard InChI is InChI=1S/C15H17N3O3/c1-20-13-6-4-11(7-14(13)21-2)18-15(19)12-5-3-10(8-16)9-17-12/h3-7,9H,8,16H2,1-2H3,(H,18,19). The van der Waals surface area contributed by atoms with E-state index in [0.717, 1.165) is 5.56 Å². The Kier molecular flexibility index (Phi) is 4.73. The van der Waals surface area contributed by atoms with E-state index in [-0.39, 0.29) is 5.91 Å². The topological polar surface area (TPSA) is 86.5 Å². The molecule has 0 saturated carbocycles. The third kappa shape index (κ3) is 3.49. The Morgan fingerprint density at radius 2 is 1.95 bits per heavy atom. The Bertz CT molecular complexity index is 627. The van der Waals surface area contributed by atoms with Gasteiger partial charge >= 0.3 is 0 Å². The molecule has 6 heteroatoms. The van der Waals surface area contributed by atoms with Gasteiger partial charge < -0.3 is 20.5 Å². The Labute approximate surface area is 122 Å². The van der Waals surface area contributed by atoms with Gasteiger partial charge in [-0.05, 0) is 23.8 Å². The van der Waals surface area contributed by atoms with Gasteiger partial charge in [-0.1, -0.05) is 6.07 Å². The molecule has 0 aliphatic rings. The molecule has 1 amide bonds. The fourth-order valence-electron chi connectivity index (χ4n) is 1.79. The predicted octanol–water partition coefficient (Wildman–Crippen LogP) is 1.81. The summed E-state index contributed by atoms with van der Waals surface area (Å²) in [5.74, 6) is 0.841. The molecular weight excluding hydrogens is 270 g/mol. The zero-order valence-electron chi connectivity index (χ0n) is 11.9. The summed E-state index contributed by atoms with van der Waals surface area (Å²) < 4.78 is 10.3. The number of aromatic nitrogens is 1. The highest BCUT2D eigenvalue weighted by Crippen LogP contribution is 2.29. The van der Waals surface area contributed by atoms with Crippen LogP contribution in [0.1, 0.15) is 16.1 Å². The lowest BCUT2D eigenvalue weighted by Crippen LogP contribution is -2.14. The van der Waals surface area contributed by atoms with E-state index < -0.39 is 0 Å². The lowest BCUT2D eigenvalue weighted by Gasteiger charge is -2.10. The van der Waals surface area contributed by atoms with Crippen LogP contribution in [-0.2, 0) is 6.54 Å². The summed E-state index contributed by atoms with van der Waals surface area (Å²) in [5.41, 5.74) is 7.29. The quantitative estimate of drug-likeness (QED) is 0.875. The molecule has 21 heavy (non-hydrogen) atoms. The average Bonchev–Trinajstić information content (AvgIpc) is 2.54. The number of pyridine rings is 1. The van der Waals surface area contributed by atoms with E-state index in [1.165, 1.54) is 7.11 Å². The molecule has 110 valence electrons. The molecule has 6 nitrogen and oxygen atoms in total. The molecule has 0 fully saturated rings. The minimum Gasteiger partial charge on any atom is -0.493 e. The van der Waals surface area contributed by atoms with Gasteiger partial charge in [-0.25, -0.2) is 0 Å². The van der Waals surface area contributed by atoms with Crippen LogP contribution in [0.15, 0.2) is 36.5 Å². The minimum atomic E-state index is -0.300. The van der Waals surface area contributed by atoms with Crippen molar-refractivity contribution in [3.05, 3.63) is 47.8 Å². The number of ether oxygens (including phenoxy) is 2. The molecule has 1 aromatic carbocycles. The molecule has 0 bridgehead atoms. The first-order chi connectivity index (χ1) is 10.2. The maximum atomic E-state index is 12.1. The van der Waals surface area contributed by atoms with Crippen LogP contribution < -0.4 is 20.5 Å². The van der Waals surface area contributed by atoms with Crippen LogP contribution in [0, 0.1) is 0 Å². The van der Waals surface area contributed by atoms with Gasteiger partial charge in [-0.2, -0.15) is 0 Å². The fraction of sp³-hybridized carbons (Fsp3) is 0.200. The molecule has 0 aliphatic carbocycles. The summed E-state index contributed by atoms with van der Waals surface area (Å²) in [6.07, 6.45) is 1.59. The maximum Gasteiger partial charge on any atom is 0.274 e. The smallest absolute Gasteiger partial charge is 0.274 e. The van der Waals surface area contributed by atoms with Crippen molar-refractivity contribution in [1.82, 2.24) is 4.98 Å². The largest absolute Gasteiger partial charge is 0.493 e. The molecule has 0 radical (unpaired) electrons. The molecule has 2 aromatic rings. The Morgan fingerprint density at radius 3 is 2.52 bits per heavy atom. The number of nitrogens with two attached hydrogens (primary N) is 1. The highest BCUT2D eigenvalue weighted by atomic mass is 16.5. The number of amides is 1. The SMILES string of the molecule is COc1ccc(NC(=O)c2ccc(CN)cn2)cc1OC. The second-order valence-electron chi connectivity index (χ2n) is 4.28. The van der Waals surface area contributed by atoms with Crippen molar-refractivity contribution in [3.63, 3.8) is 0 Å². The van der Waals surface area contributed by atoms with E-state index in [1.54, 1.807) is 43.6 Å². The van der Waals surface area contributed by atoms with E-state index in [1.807, 2.05) is 0 Å². The lowest BCUT2D eigenvalue weighted by atomic mass is 10.2. The van der Waals surface area contributed by atoms with Crippen LogP contribution >= 0.6 is 0 Å². The summed E-state index contributed by atoms with van der Waals surface area (Å²) in [5, 5.41) is 2.75. The van der Waals surface area contributed by atoms with Crippen molar-refractivity contribution in [1.29, 1.82) is 0 Å². The summed E-state index contributed by atoms with van der Waals surface area (Å²) in [7, 11) is 3.09. The van der Waals surface area contributed by atoms with E-state index in [2.05, 4.69) is 10.3 Å². The number of hydrogen-bond donors (Lipinski definition) is 2. The Hall–Kier alpha value is -2.60. The second-order valence-corrected chi connectivity index (χ2v) is 4.28. The van der Waals surface area contributed by atoms with Gasteiger partial charge in [0.25, 0.3) is 5.91 Å². The van der Waals surface area contributed by atoms with Gasteiger partial charge in [0.05, 0.1) is 14.2 Å². The lowest BCUT2D eigenvalue weighted by molar-refractivity contribution is 0.102. The Balaban J connectivity index is 2.14. The molecule has 0 saturated heterocycles. The number of benzene rings is 1. The normalized spacial score (nSPS) is 10.0. The van der Waals surface area contributed by atoms with Crippen molar-refractivity contribution >= 4 is 11.6 Å². The van der Waals surface area contributed by atoms with E-state index >= 15 is 0 Å². The number of methoxy groups -OCH3 is 2. The van der Waals surface area contributed by atoms with Crippen molar-refractivity contribution in [2.75, 3.05) is 19.5 Å². The summed E-state index contributed by atoms with van der Waals surface area (Å²) in [4.78, 5) is 16.2. The van der Waals surface area contributed by atoms with Crippen LogP contribution in [0.25, 0.3) is 0 Å². The van der Waals surface area contributed by atoms with Crippen LogP contribution in [0.4, 0.5) is 5.69 Å². The molecular formula is C15H17N3O3. The minimum absolute atomic E-state index is 0.300. The van der Waals surface area contributed by atoms with Gasteiger partial charge in [0.2, 0.25) is 0 Å². The van der Waals surface area contributed by atoms with Gasteiger partial charge in [-0.15, -0.1) is 0 Å². The third-order valence-corrected chi connectivity index (χ3v) is 2.93. The van der Waals surface area contributed by atoms with Crippen molar-refractivity contribution < 1.29 is 14.3 Å². The molecule has 0 unspecified atom stereocenters. The van der Waals surface area contributed by atoms with Crippen molar-refractivity contribution in [2.24, 2.45) is 5.73 Å². The first-order valence-corrected chi connectivity index (χ1v) is 6.36. The van der Waals surface area contributed by atoms with Crippen molar-refractivity contribution in [2.45, 2.75) is 6.54 Å². The van der Waals surface area contributed by atoms with Crippen LogP contribution in [0.3, 0.4) is 0 Å². The number of carbonyl (C=O) groups is 1. The molecule has 0 atom stereocenters. The van der Waals surface area contributed by atoms with E-state index in [9.17, 15) is 4.79 Å². The van der Waals surface area contributed by atoms with Crippen molar-refractivity contribution in [3.8, 4) is 11.5 Å². The number of carbonyl (C=O) groups excluding carboxylic acids is 1. The molecule has 1 aromatic heterocycles. The Morgan fingerprint density at radius 1 is 1.19 bits per heavy atom. The first kappa shape index (κ1) is 14.8. The van der Waals surface area contributed by atoms with E-state index in [0.29, 0.717) is 29.4 Å². The zero-order valence-corrected chi connectivity index (χ0v) is 11.9. The molecule has 0 aliphatic heterocycles. The second kappa shape index (κ2) is 6.71. The summed E-state index contributed by atoms with van der Waals surface area (Å²) in [6.45, 7) is 0.393. The predicted molar refractivity (Wildman–Crippen MR) is 79.6 cm³/mol. The van der Waals surface area contributed by atoms with E-state index in [4.69, 9.17) is 15.2 Å². The summed E-state index contributed by atoms with van der Waals surface area (Å²) in [6, 6.07) is 8.55. The van der Waals surface area contributed by atoms with Gasteiger partial charge in [0.1, 0.15) is 5.69 Å². The molecule has 1 heterocycles. The number of nitrogens with one attached hydrogen (secondary N) is 1. The molecule has 3 N–H and O–H groups in total. The van der Waals surface area contributed by atoms with Gasteiger partial charge in [-0.3, -0.25) is 9.78 Å². The number of anilines is 1. The van der Waals surface area contributed by atoms with Crippen LogP contribution in [0.2, 0.25) is 0 Å². The number of rotatable bonds is 5. The highest BCUT2D eigenvalue weighted by molar-refractivity contribution is 6.03. The van der Waals surface area contributed by atoms with Gasteiger partial charge in [0.15, 0.2) is 11.5 Å². The number of nitrogens with zero attached hydrogens (tertiary/aromatic N) is 1. The third-order valence-electron chi connectivity index (χ3n) is 2.93.